The third kappa shape index (κ3) is 4.53. The molecule has 0 bridgehead atoms. The van der Waals surface area contributed by atoms with Gasteiger partial charge >= 0.3 is 6.09 Å². The average Bonchev–Trinajstić information content (AvgIpc) is 3.16. The highest BCUT2D eigenvalue weighted by Crippen LogP contribution is 2.67. The number of aliphatic hydroxyl groups excluding tert-OH is 1. The maximum absolute atomic E-state index is 13.8. The van der Waals surface area contributed by atoms with Gasteiger partial charge in [-0.25, -0.2) is 9.69 Å². The molecular formula is C34H53NO6Si. The molecule has 8 heteroatoms. The highest BCUT2D eigenvalue weighted by molar-refractivity contribution is 6.74. The zero-order valence-corrected chi connectivity index (χ0v) is 29.0. The first-order chi connectivity index (χ1) is 19.1. The zero-order valence-electron chi connectivity index (χ0n) is 28.0. The topological polar surface area (TPSA) is 85.3 Å². The van der Waals surface area contributed by atoms with Crippen LogP contribution in [0.2, 0.25) is 18.1 Å². The van der Waals surface area contributed by atoms with Gasteiger partial charge in [0.15, 0.2) is 0 Å². The van der Waals surface area contributed by atoms with Crippen molar-refractivity contribution in [3.05, 3.63) is 22.8 Å². The Bertz CT molecular complexity index is 1310. The number of amides is 2. The number of fused-ring (bicyclic) bond motifs is 3. The fourth-order valence-electron chi connectivity index (χ4n) is 8.00. The summed E-state index contributed by atoms with van der Waals surface area (Å²) >= 11 is 0. The fraction of sp³-hybridized carbons (Fsp3) is 0.765. The number of nitrogens with zero attached hydrogens (tertiary/aromatic N) is 1. The van der Waals surface area contributed by atoms with Gasteiger partial charge in [0.05, 0.1) is 18.2 Å². The van der Waals surface area contributed by atoms with Gasteiger partial charge in [-0.05, 0) is 88.4 Å². The third-order valence-corrected chi connectivity index (χ3v) is 16.2. The Kier molecular flexibility index (Phi) is 7.07. The Morgan fingerprint density at radius 2 is 1.71 bits per heavy atom. The van der Waals surface area contributed by atoms with Gasteiger partial charge in [0.1, 0.15) is 22.7 Å². The van der Waals surface area contributed by atoms with Crippen LogP contribution >= 0.6 is 0 Å². The summed E-state index contributed by atoms with van der Waals surface area (Å²) in [5.41, 5.74) is 0.513. The van der Waals surface area contributed by atoms with E-state index in [1.165, 1.54) is 4.90 Å². The summed E-state index contributed by atoms with van der Waals surface area (Å²) < 4.78 is 20.1. The molecule has 1 aromatic rings. The number of hydrogen-bond acceptors (Lipinski definition) is 6. The molecule has 1 N–H and O–H groups in total. The number of carbonyl (C=O) groups excluding carboxylic acids is 2. The molecule has 2 amide bonds. The predicted octanol–water partition coefficient (Wildman–Crippen LogP) is 7.87. The average molecular weight is 600 g/mol. The van der Waals surface area contributed by atoms with Crippen molar-refractivity contribution in [3.8, 4) is 11.5 Å². The SMILES string of the molecule is C[C@H]1CC[C@H]2C(C)(C)[C@H](O)CC[C@]23Oc2c(c(O[Si](C)(C)C(C)(C)C)cc4c2CN(C(=O)OC(C)(C)C)C4=O)C[C@]13C. The molecule has 5 rings (SSSR count). The largest absolute Gasteiger partial charge is 0.543 e. The van der Waals surface area contributed by atoms with E-state index in [-0.39, 0.29) is 40.3 Å². The predicted molar refractivity (Wildman–Crippen MR) is 166 cm³/mol. The monoisotopic (exact) mass is 599 g/mol. The molecule has 1 spiro atoms. The van der Waals surface area contributed by atoms with Crippen LogP contribution in [0, 0.1) is 22.7 Å². The minimum absolute atomic E-state index is 0.0428. The zero-order chi connectivity index (χ0) is 31.4. The molecule has 42 heavy (non-hydrogen) atoms. The highest BCUT2D eigenvalue weighted by atomic mass is 28.4. The van der Waals surface area contributed by atoms with E-state index in [4.69, 9.17) is 13.9 Å². The molecule has 0 radical (unpaired) electrons. The molecule has 2 aliphatic carbocycles. The van der Waals surface area contributed by atoms with E-state index in [1.807, 2.05) is 6.07 Å². The number of ether oxygens (including phenoxy) is 2. The molecule has 0 aromatic heterocycles. The molecular weight excluding hydrogens is 546 g/mol. The number of rotatable bonds is 2. The summed E-state index contributed by atoms with van der Waals surface area (Å²) in [6.07, 6.45) is 3.23. The summed E-state index contributed by atoms with van der Waals surface area (Å²) in [6.45, 7) is 25.7. The standard InChI is InChI=1S/C34H53NO6Si/c1-20-13-14-25-32(8,9)26(36)15-16-34(25)33(20,10)18-22-24(41-42(11,12)31(5,6)7)17-21-23(27(22)39-34)19-35(28(21)37)29(38)40-30(2,3)4/h17,20,25-26,36H,13-16,18-19H2,1-12H3/t20-,25-,26+,33+,34-/m0/s1. The van der Waals surface area contributed by atoms with Gasteiger partial charge in [-0.15, -0.1) is 0 Å². The van der Waals surface area contributed by atoms with Crippen molar-refractivity contribution in [2.45, 2.75) is 143 Å². The molecule has 2 heterocycles. The quantitative estimate of drug-likeness (QED) is 0.348. The van der Waals surface area contributed by atoms with Crippen molar-refractivity contribution in [1.29, 1.82) is 0 Å². The summed E-state index contributed by atoms with van der Waals surface area (Å²) in [4.78, 5) is 28.3. The van der Waals surface area contributed by atoms with E-state index >= 15 is 0 Å². The molecule has 2 aliphatic heterocycles. The fourth-order valence-corrected chi connectivity index (χ4v) is 9.04. The van der Waals surface area contributed by atoms with Crippen LogP contribution in [0.1, 0.15) is 116 Å². The normalized spacial score (nSPS) is 32.3. The smallest absolute Gasteiger partial charge is 0.417 e. The van der Waals surface area contributed by atoms with Crippen LogP contribution in [0.25, 0.3) is 0 Å². The van der Waals surface area contributed by atoms with E-state index in [2.05, 4.69) is 61.6 Å². The van der Waals surface area contributed by atoms with Crippen LogP contribution in [0.15, 0.2) is 6.07 Å². The van der Waals surface area contributed by atoms with Crippen molar-refractivity contribution >= 4 is 20.3 Å². The summed E-state index contributed by atoms with van der Waals surface area (Å²) in [5.74, 6) is 1.62. The van der Waals surface area contributed by atoms with Gasteiger partial charge < -0.3 is 19.0 Å². The molecule has 234 valence electrons. The second kappa shape index (κ2) is 9.47. The Balaban J connectivity index is 1.70. The maximum Gasteiger partial charge on any atom is 0.417 e. The summed E-state index contributed by atoms with van der Waals surface area (Å²) in [6, 6.07) is 1.88. The lowest BCUT2D eigenvalue weighted by molar-refractivity contribution is -0.233. The Morgan fingerprint density at radius 3 is 2.31 bits per heavy atom. The van der Waals surface area contributed by atoms with Gasteiger partial charge in [0.2, 0.25) is 8.32 Å². The van der Waals surface area contributed by atoms with E-state index in [0.717, 1.165) is 42.6 Å². The molecule has 7 nitrogen and oxygen atoms in total. The van der Waals surface area contributed by atoms with Crippen LogP contribution in [-0.4, -0.2) is 47.6 Å². The van der Waals surface area contributed by atoms with Crippen molar-refractivity contribution in [1.82, 2.24) is 4.90 Å². The van der Waals surface area contributed by atoms with Crippen molar-refractivity contribution < 1.29 is 28.6 Å². The number of aliphatic hydroxyl groups is 1. The van der Waals surface area contributed by atoms with Crippen LogP contribution in [0.4, 0.5) is 4.79 Å². The first-order valence-electron chi connectivity index (χ1n) is 15.9. The molecule has 4 aliphatic rings. The summed E-state index contributed by atoms with van der Waals surface area (Å²) in [5, 5.41) is 11.1. The van der Waals surface area contributed by atoms with Gasteiger partial charge in [-0.2, -0.15) is 0 Å². The van der Waals surface area contributed by atoms with E-state index < -0.39 is 25.6 Å². The second-order valence-electron chi connectivity index (χ2n) is 16.9. The first kappa shape index (κ1) is 31.4. The van der Waals surface area contributed by atoms with Gasteiger partial charge in [0.25, 0.3) is 5.91 Å². The number of carbonyl (C=O) groups is 2. The second-order valence-corrected chi connectivity index (χ2v) is 21.7. The van der Waals surface area contributed by atoms with Crippen molar-refractivity contribution in [2.24, 2.45) is 22.7 Å². The van der Waals surface area contributed by atoms with Crippen LogP contribution in [0.5, 0.6) is 11.5 Å². The molecule has 2 saturated carbocycles. The minimum atomic E-state index is -2.29. The lowest BCUT2D eigenvalue weighted by Gasteiger charge is -2.67. The first-order valence-corrected chi connectivity index (χ1v) is 18.8. The van der Waals surface area contributed by atoms with Crippen LogP contribution < -0.4 is 9.16 Å². The van der Waals surface area contributed by atoms with Gasteiger partial charge in [-0.1, -0.05) is 48.5 Å². The Labute approximate surface area is 253 Å². The summed E-state index contributed by atoms with van der Waals surface area (Å²) in [7, 11) is -2.29. The van der Waals surface area contributed by atoms with Crippen molar-refractivity contribution in [2.75, 3.05) is 0 Å². The van der Waals surface area contributed by atoms with Gasteiger partial charge in [-0.3, -0.25) is 4.79 Å². The Morgan fingerprint density at radius 1 is 1.07 bits per heavy atom. The lowest BCUT2D eigenvalue weighted by atomic mass is 9.43. The number of imide groups is 1. The molecule has 5 atom stereocenters. The Hall–Kier alpha value is -2.06. The maximum atomic E-state index is 13.8. The van der Waals surface area contributed by atoms with Gasteiger partial charge in [0, 0.05) is 22.5 Å². The lowest BCUT2D eigenvalue weighted by Crippen LogP contribution is -2.70. The molecule has 0 saturated heterocycles. The van der Waals surface area contributed by atoms with E-state index in [1.54, 1.807) is 20.8 Å². The number of hydrogen-bond donors (Lipinski definition) is 1. The van der Waals surface area contributed by atoms with Crippen molar-refractivity contribution in [3.63, 3.8) is 0 Å². The number of benzene rings is 1. The third-order valence-electron chi connectivity index (χ3n) is 11.9. The van der Waals surface area contributed by atoms with E-state index in [9.17, 15) is 14.7 Å². The minimum Gasteiger partial charge on any atom is -0.543 e. The van der Waals surface area contributed by atoms with Crippen LogP contribution in [0.3, 0.4) is 0 Å². The highest BCUT2D eigenvalue weighted by Gasteiger charge is 2.68. The van der Waals surface area contributed by atoms with Crippen LogP contribution in [-0.2, 0) is 17.7 Å². The van der Waals surface area contributed by atoms with E-state index in [0.29, 0.717) is 23.7 Å². The molecule has 2 fully saturated rings. The molecule has 1 aromatic carbocycles. The molecule has 0 unspecified atom stereocenters.